The van der Waals surface area contributed by atoms with E-state index in [-0.39, 0.29) is 16.8 Å². The molecule has 1 N–H and O–H groups in total. The van der Waals surface area contributed by atoms with E-state index in [0.29, 0.717) is 5.56 Å². The van der Waals surface area contributed by atoms with Crippen LogP contribution in [0.5, 0.6) is 0 Å². The highest BCUT2D eigenvalue weighted by Crippen LogP contribution is 2.18. The number of carbonyl (C=O) groups excluding carboxylic acids is 1. The monoisotopic (exact) mass is 324 g/mol. The Morgan fingerprint density at radius 3 is 2.23 bits per heavy atom. The van der Waals surface area contributed by atoms with Crippen molar-refractivity contribution in [1.82, 2.24) is 10.2 Å². The zero-order valence-corrected chi connectivity index (χ0v) is 14.2. The van der Waals surface area contributed by atoms with E-state index in [0.717, 1.165) is 25.9 Å². The Kier molecular flexibility index (Phi) is 5.24. The van der Waals surface area contributed by atoms with E-state index in [9.17, 15) is 13.2 Å². The second kappa shape index (κ2) is 6.79. The molecule has 0 aliphatic carbocycles. The van der Waals surface area contributed by atoms with Gasteiger partial charge in [-0.1, -0.05) is 0 Å². The van der Waals surface area contributed by atoms with Crippen LogP contribution in [0.15, 0.2) is 29.2 Å². The Bertz CT molecular complexity index is 617. The number of nitrogens with one attached hydrogen (secondary N) is 1. The van der Waals surface area contributed by atoms with E-state index >= 15 is 0 Å². The van der Waals surface area contributed by atoms with Crippen molar-refractivity contribution >= 4 is 15.7 Å². The summed E-state index contributed by atoms with van der Waals surface area (Å²) in [7, 11) is -1.48. The number of piperidine rings is 1. The zero-order chi connectivity index (χ0) is 16.3. The molecule has 0 saturated carbocycles. The molecule has 1 heterocycles. The first-order valence-electron chi connectivity index (χ1n) is 7.66. The summed E-state index contributed by atoms with van der Waals surface area (Å²) in [6, 6.07) is 6.51. The molecule has 22 heavy (non-hydrogen) atoms. The van der Waals surface area contributed by atoms with Crippen LogP contribution in [0.4, 0.5) is 0 Å². The number of hydrogen-bond donors (Lipinski definition) is 1. The van der Waals surface area contributed by atoms with Gasteiger partial charge in [-0.15, -0.1) is 0 Å². The second-order valence-electron chi connectivity index (χ2n) is 6.02. The van der Waals surface area contributed by atoms with Gasteiger partial charge >= 0.3 is 0 Å². The van der Waals surface area contributed by atoms with Gasteiger partial charge in [0.25, 0.3) is 5.91 Å². The Morgan fingerprint density at radius 1 is 1.18 bits per heavy atom. The summed E-state index contributed by atoms with van der Waals surface area (Å²) in [5.74, 6) is -0.0552. The molecule has 0 radical (unpaired) electrons. The van der Waals surface area contributed by atoms with Crippen molar-refractivity contribution in [1.29, 1.82) is 0 Å². The summed E-state index contributed by atoms with van der Waals surface area (Å²) >= 11 is 0. The summed E-state index contributed by atoms with van der Waals surface area (Å²) in [5.41, 5.74) is 0.531. The highest BCUT2D eigenvalue weighted by molar-refractivity contribution is 7.92. The van der Waals surface area contributed by atoms with Crippen molar-refractivity contribution in [3.05, 3.63) is 29.8 Å². The second-order valence-corrected chi connectivity index (χ2v) is 8.52. The van der Waals surface area contributed by atoms with Crippen LogP contribution >= 0.6 is 0 Å². The van der Waals surface area contributed by atoms with Crippen LogP contribution in [-0.2, 0) is 9.84 Å². The fraction of sp³-hybridized carbons (Fsp3) is 0.562. The normalized spacial score (nSPS) is 16.7. The number of amides is 1. The number of nitrogens with zero attached hydrogens (tertiary/aromatic N) is 1. The molecule has 1 amide bonds. The highest BCUT2D eigenvalue weighted by Gasteiger charge is 2.24. The summed E-state index contributed by atoms with van der Waals surface area (Å²) in [5, 5.41) is 2.81. The molecular formula is C16H24N2O3S. The van der Waals surface area contributed by atoms with Gasteiger partial charge in [0.2, 0.25) is 0 Å². The predicted molar refractivity (Wildman–Crippen MR) is 86.7 cm³/mol. The van der Waals surface area contributed by atoms with Gasteiger partial charge in [-0.2, -0.15) is 0 Å². The van der Waals surface area contributed by atoms with E-state index in [1.807, 2.05) is 7.05 Å². The first kappa shape index (κ1) is 17.0. The standard InChI is InChI=1S/C16H24N2O3S/c1-12(2)22(20,21)15-6-4-13(5-7-15)16(19)18(3)14-8-10-17-11-9-14/h4-7,12,14,17H,8-11H2,1-3H3. The Labute approximate surface area is 132 Å². The molecule has 0 bridgehead atoms. The van der Waals surface area contributed by atoms with Crippen LogP contribution in [0.25, 0.3) is 0 Å². The van der Waals surface area contributed by atoms with Crippen LogP contribution in [0, 0.1) is 0 Å². The SMILES string of the molecule is CC(C)S(=O)(=O)c1ccc(C(=O)N(C)C2CCNCC2)cc1. The molecule has 0 unspecified atom stereocenters. The van der Waals surface area contributed by atoms with Crippen molar-refractivity contribution in [3.8, 4) is 0 Å². The van der Waals surface area contributed by atoms with Gasteiger partial charge in [-0.05, 0) is 64.0 Å². The molecule has 6 heteroatoms. The quantitative estimate of drug-likeness (QED) is 0.915. The molecule has 0 spiro atoms. The average Bonchev–Trinajstić information content (AvgIpc) is 2.54. The van der Waals surface area contributed by atoms with Crippen LogP contribution in [0.2, 0.25) is 0 Å². The van der Waals surface area contributed by atoms with Gasteiger partial charge in [0.05, 0.1) is 10.1 Å². The van der Waals surface area contributed by atoms with E-state index in [1.165, 1.54) is 12.1 Å². The predicted octanol–water partition coefficient (Wildman–Crippen LogP) is 1.69. The van der Waals surface area contributed by atoms with E-state index < -0.39 is 15.1 Å². The third kappa shape index (κ3) is 3.50. The first-order chi connectivity index (χ1) is 10.3. The fourth-order valence-electron chi connectivity index (χ4n) is 2.62. The molecule has 1 aromatic carbocycles. The molecule has 1 aliphatic rings. The number of rotatable bonds is 4. The largest absolute Gasteiger partial charge is 0.339 e. The minimum absolute atomic E-state index is 0.0552. The van der Waals surface area contributed by atoms with Gasteiger partial charge in [-0.25, -0.2) is 8.42 Å². The van der Waals surface area contributed by atoms with Gasteiger partial charge in [-0.3, -0.25) is 4.79 Å². The lowest BCUT2D eigenvalue weighted by molar-refractivity contribution is 0.0703. The van der Waals surface area contributed by atoms with E-state index in [2.05, 4.69) is 5.32 Å². The molecule has 1 saturated heterocycles. The maximum atomic E-state index is 12.5. The third-order valence-electron chi connectivity index (χ3n) is 4.23. The fourth-order valence-corrected chi connectivity index (χ4v) is 3.68. The van der Waals surface area contributed by atoms with Crippen molar-refractivity contribution in [3.63, 3.8) is 0 Å². The smallest absolute Gasteiger partial charge is 0.253 e. The molecule has 2 rings (SSSR count). The highest BCUT2D eigenvalue weighted by atomic mass is 32.2. The van der Waals surface area contributed by atoms with Gasteiger partial charge < -0.3 is 10.2 Å². The lowest BCUT2D eigenvalue weighted by atomic mass is 10.0. The maximum Gasteiger partial charge on any atom is 0.253 e. The van der Waals surface area contributed by atoms with Crippen LogP contribution < -0.4 is 5.32 Å². The first-order valence-corrected chi connectivity index (χ1v) is 9.20. The van der Waals surface area contributed by atoms with Gasteiger partial charge in [0, 0.05) is 18.7 Å². The Hall–Kier alpha value is -1.40. The third-order valence-corrected chi connectivity index (χ3v) is 6.40. The van der Waals surface area contributed by atoms with Crippen LogP contribution in [0.3, 0.4) is 0 Å². The number of carbonyl (C=O) groups is 1. The molecule has 0 aromatic heterocycles. The van der Waals surface area contributed by atoms with Crippen molar-refractivity contribution in [2.75, 3.05) is 20.1 Å². The summed E-state index contributed by atoms with van der Waals surface area (Å²) in [4.78, 5) is 14.5. The van der Waals surface area contributed by atoms with Crippen LogP contribution in [-0.4, -0.2) is 50.7 Å². The lowest BCUT2D eigenvalue weighted by Crippen LogP contribution is -2.43. The number of benzene rings is 1. The summed E-state index contributed by atoms with van der Waals surface area (Å²) < 4.78 is 24.2. The Morgan fingerprint density at radius 2 is 1.73 bits per heavy atom. The van der Waals surface area contributed by atoms with Crippen LogP contribution in [0.1, 0.15) is 37.0 Å². The molecule has 1 fully saturated rings. The number of sulfone groups is 1. The van der Waals surface area contributed by atoms with E-state index in [1.54, 1.807) is 30.9 Å². The Balaban J connectivity index is 2.14. The molecule has 122 valence electrons. The molecule has 1 aliphatic heterocycles. The minimum atomic E-state index is -3.29. The van der Waals surface area contributed by atoms with E-state index in [4.69, 9.17) is 0 Å². The minimum Gasteiger partial charge on any atom is -0.339 e. The van der Waals surface area contributed by atoms with Gasteiger partial charge in [0.15, 0.2) is 9.84 Å². The summed E-state index contributed by atoms with van der Waals surface area (Å²) in [6.45, 7) is 5.15. The van der Waals surface area contributed by atoms with Gasteiger partial charge in [0.1, 0.15) is 0 Å². The summed E-state index contributed by atoms with van der Waals surface area (Å²) in [6.07, 6.45) is 1.89. The van der Waals surface area contributed by atoms with Crippen molar-refractivity contribution in [2.45, 2.75) is 42.9 Å². The lowest BCUT2D eigenvalue weighted by Gasteiger charge is -2.31. The topological polar surface area (TPSA) is 66.5 Å². The molecular weight excluding hydrogens is 300 g/mol. The molecule has 0 atom stereocenters. The molecule has 1 aromatic rings. The maximum absolute atomic E-state index is 12.5. The zero-order valence-electron chi connectivity index (χ0n) is 13.4. The number of hydrogen-bond acceptors (Lipinski definition) is 4. The molecule has 5 nitrogen and oxygen atoms in total. The average molecular weight is 324 g/mol. The van der Waals surface area contributed by atoms with Crippen molar-refractivity contribution < 1.29 is 13.2 Å². The van der Waals surface area contributed by atoms with Crippen molar-refractivity contribution in [2.24, 2.45) is 0 Å².